The average molecular weight is 382 g/mol. The maximum absolute atomic E-state index is 12.4. The number of amides is 2. The molecule has 0 heterocycles. The number of rotatable bonds is 8. The molecule has 2 unspecified atom stereocenters. The summed E-state index contributed by atoms with van der Waals surface area (Å²) in [4.78, 5) is 35.7. The van der Waals surface area contributed by atoms with Crippen LogP contribution >= 0.6 is 0 Å². The fraction of sp³-hybridized carbons (Fsp3) is 0.409. The summed E-state index contributed by atoms with van der Waals surface area (Å²) < 4.78 is 0. The van der Waals surface area contributed by atoms with Gasteiger partial charge in [0.05, 0.1) is 6.54 Å². The van der Waals surface area contributed by atoms with Crippen LogP contribution in [0.15, 0.2) is 42.5 Å². The third-order valence-electron chi connectivity index (χ3n) is 5.11. The molecule has 0 bridgehead atoms. The maximum atomic E-state index is 12.4. The lowest BCUT2D eigenvalue weighted by Gasteiger charge is -2.16. The van der Waals surface area contributed by atoms with E-state index in [9.17, 15) is 19.5 Å². The van der Waals surface area contributed by atoms with Crippen LogP contribution in [0, 0.1) is 11.8 Å². The van der Waals surface area contributed by atoms with E-state index in [1.165, 1.54) is 0 Å². The highest BCUT2D eigenvalue weighted by molar-refractivity contribution is 5.92. The van der Waals surface area contributed by atoms with Crippen molar-refractivity contribution in [2.75, 3.05) is 6.54 Å². The van der Waals surface area contributed by atoms with Gasteiger partial charge in [0.15, 0.2) is 0 Å². The molecule has 1 fully saturated rings. The van der Waals surface area contributed by atoms with Crippen molar-refractivity contribution in [2.45, 2.75) is 38.6 Å². The van der Waals surface area contributed by atoms with E-state index >= 15 is 0 Å². The average Bonchev–Trinajstić information content (AvgIpc) is 3.45. The molecule has 0 aromatic heterocycles. The molecule has 28 heavy (non-hydrogen) atoms. The molecule has 148 valence electrons. The number of carboxylic acid groups (broad SMARTS) is 1. The van der Waals surface area contributed by atoms with Gasteiger partial charge in [0.2, 0.25) is 11.8 Å². The first-order chi connectivity index (χ1) is 13.4. The number of carboxylic acids is 1. The summed E-state index contributed by atoms with van der Waals surface area (Å²) in [5.41, 5.74) is 1.16. The molecule has 0 saturated heterocycles. The van der Waals surface area contributed by atoms with Gasteiger partial charge in [0.25, 0.3) is 0 Å². The molecule has 0 aliphatic heterocycles. The number of hydrogen-bond donors (Lipinski definition) is 3. The molecule has 3 N–H and O–H groups in total. The van der Waals surface area contributed by atoms with Crippen molar-refractivity contribution >= 4 is 28.6 Å². The van der Waals surface area contributed by atoms with E-state index in [0.717, 1.165) is 22.8 Å². The van der Waals surface area contributed by atoms with Crippen molar-refractivity contribution < 1.29 is 19.5 Å². The summed E-state index contributed by atoms with van der Waals surface area (Å²) in [5, 5.41) is 16.6. The first-order valence-electron chi connectivity index (χ1n) is 9.64. The molecule has 3 rings (SSSR count). The van der Waals surface area contributed by atoms with Gasteiger partial charge in [-0.1, -0.05) is 56.3 Å². The van der Waals surface area contributed by atoms with E-state index in [1.807, 2.05) is 32.0 Å². The Morgan fingerprint density at radius 2 is 1.82 bits per heavy atom. The largest absolute Gasteiger partial charge is 0.480 e. The lowest BCUT2D eigenvalue weighted by Crippen LogP contribution is -2.46. The molecule has 2 amide bonds. The first kappa shape index (κ1) is 19.9. The molecule has 1 aliphatic carbocycles. The highest BCUT2D eigenvalue weighted by Gasteiger charge is 2.44. The van der Waals surface area contributed by atoms with Crippen LogP contribution in [-0.4, -0.2) is 35.5 Å². The molecular weight excluding hydrogens is 356 g/mol. The molecular formula is C22H26N2O4. The lowest BCUT2D eigenvalue weighted by atomic mass is 10.00. The highest BCUT2D eigenvalue weighted by atomic mass is 16.4. The van der Waals surface area contributed by atoms with E-state index < -0.39 is 17.9 Å². The molecule has 6 heteroatoms. The Bertz CT molecular complexity index is 888. The zero-order valence-electron chi connectivity index (χ0n) is 16.1. The van der Waals surface area contributed by atoms with Gasteiger partial charge in [-0.3, -0.25) is 9.59 Å². The monoisotopic (exact) mass is 382 g/mol. The van der Waals surface area contributed by atoms with Crippen LogP contribution < -0.4 is 10.6 Å². The van der Waals surface area contributed by atoms with Gasteiger partial charge in [-0.05, 0) is 41.0 Å². The summed E-state index contributed by atoms with van der Waals surface area (Å²) >= 11 is 0. The molecule has 1 saturated carbocycles. The van der Waals surface area contributed by atoms with Crippen molar-refractivity contribution in [2.24, 2.45) is 11.8 Å². The van der Waals surface area contributed by atoms with Gasteiger partial charge < -0.3 is 15.7 Å². The normalized spacial score (nSPS) is 19.2. The Balaban J connectivity index is 1.54. The van der Waals surface area contributed by atoms with Crippen molar-refractivity contribution in [1.82, 2.24) is 10.6 Å². The number of hydrogen-bond acceptors (Lipinski definition) is 3. The number of aliphatic carboxylic acids is 1. The Morgan fingerprint density at radius 1 is 1.11 bits per heavy atom. The minimum Gasteiger partial charge on any atom is -0.480 e. The Morgan fingerprint density at radius 3 is 2.54 bits per heavy atom. The smallest absolute Gasteiger partial charge is 0.326 e. The minimum atomic E-state index is -1.06. The number of carbonyl (C=O) groups is 3. The summed E-state index contributed by atoms with van der Waals surface area (Å²) in [6.45, 7) is 3.58. The SMILES string of the molecule is CC(C)C[C@H](NC(=O)CNC(=O)C1CC1c1cccc2ccccc12)C(=O)O. The van der Waals surface area contributed by atoms with Gasteiger partial charge in [0, 0.05) is 5.92 Å². The van der Waals surface area contributed by atoms with E-state index in [-0.39, 0.29) is 30.2 Å². The number of benzene rings is 2. The van der Waals surface area contributed by atoms with Crippen LogP contribution in [0.3, 0.4) is 0 Å². The van der Waals surface area contributed by atoms with Crippen LogP contribution in [0.2, 0.25) is 0 Å². The summed E-state index contributed by atoms with van der Waals surface area (Å²) in [6.07, 6.45) is 1.10. The second kappa shape index (κ2) is 8.42. The van der Waals surface area contributed by atoms with Crippen molar-refractivity contribution in [3.63, 3.8) is 0 Å². The number of nitrogens with one attached hydrogen (secondary N) is 2. The van der Waals surface area contributed by atoms with Crippen molar-refractivity contribution in [1.29, 1.82) is 0 Å². The summed E-state index contributed by atoms with van der Waals surface area (Å²) in [7, 11) is 0. The summed E-state index contributed by atoms with van der Waals surface area (Å²) in [6, 6.07) is 13.3. The lowest BCUT2D eigenvalue weighted by molar-refractivity contribution is -0.142. The van der Waals surface area contributed by atoms with Gasteiger partial charge in [-0.15, -0.1) is 0 Å². The van der Waals surface area contributed by atoms with E-state index in [1.54, 1.807) is 0 Å². The van der Waals surface area contributed by atoms with E-state index in [4.69, 9.17) is 0 Å². The third kappa shape index (κ3) is 4.68. The fourth-order valence-corrected chi connectivity index (χ4v) is 3.64. The van der Waals surface area contributed by atoms with E-state index in [2.05, 4.69) is 34.9 Å². The second-order valence-electron chi connectivity index (χ2n) is 7.82. The Labute approximate surface area is 164 Å². The van der Waals surface area contributed by atoms with Crippen molar-refractivity contribution in [3.8, 4) is 0 Å². The van der Waals surface area contributed by atoms with Gasteiger partial charge in [0.1, 0.15) is 6.04 Å². The zero-order chi connectivity index (χ0) is 20.3. The Hall–Kier alpha value is -2.89. The maximum Gasteiger partial charge on any atom is 0.326 e. The third-order valence-corrected chi connectivity index (χ3v) is 5.11. The van der Waals surface area contributed by atoms with Crippen LogP contribution in [-0.2, 0) is 14.4 Å². The second-order valence-corrected chi connectivity index (χ2v) is 7.82. The van der Waals surface area contributed by atoms with Crippen molar-refractivity contribution in [3.05, 3.63) is 48.0 Å². The molecule has 2 aromatic rings. The fourth-order valence-electron chi connectivity index (χ4n) is 3.64. The first-order valence-corrected chi connectivity index (χ1v) is 9.64. The highest BCUT2D eigenvalue weighted by Crippen LogP contribution is 2.49. The molecule has 0 spiro atoms. The van der Waals surface area contributed by atoms with Crippen LogP contribution in [0.1, 0.15) is 38.2 Å². The summed E-state index contributed by atoms with van der Waals surface area (Å²) in [5.74, 6) is -1.56. The molecule has 1 aliphatic rings. The molecule has 2 aromatic carbocycles. The Kier molecular flexibility index (Phi) is 5.97. The number of fused-ring (bicyclic) bond motifs is 1. The van der Waals surface area contributed by atoms with Crippen LogP contribution in [0.25, 0.3) is 10.8 Å². The van der Waals surface area contributed by atoms with Crippen LogP contribution in [0.5, 0.6) is 0 Å². The predicted molar refractivity (Wildman–Crippen MR) is 107 cm³/mol. The number of carbonyl (C=O) groups excluding carboxylic acids is 2. The van der Waals surface area contributed by atoms with Gasteiger partial charge in [-0.2, -0.15) is 0 Å². The quantitative estimate of drug-likeness (QED) is 0.654. The molecule has 0 radical (unpaired) electrons. The van der Waals surface area contributed by atoms with Gasteiger partial charge >= 0.3 is 5.97 Å². The van der Waals surface area contributed by atoms with Crippen LogP contribution in [0.4, 0.5) is 0 Å². The van der Waals surface area contributed by atoms with E-state index in [0.29, 0.717) is 6.42 Å². The molecule has 6 nitrogen and oxygen atoms in total. The zero-order valence-corrected chi connectivity index (χ0v) is 16.1. The minimum absolute atomic E-state index is 0.143. The predicted octanol–water partition coefficient (Wildman–Crippen LogP) is 2.67. The van der Waals surface area contributed by atoms with Gasteiger partial charge in [-0.25, -0.2) is 4.79 Å². The standard InChI is InChI=1S/C22H26N2O4/c1-13(2)10-19(22(27)28)24-20(25)12-23-21(26)18-11-17(18)16-9-5-7-14-6-3-4-8-15(14)16/h3-9,13,17-19H,10-12H2,1-2H3,(H,23,26)(H,24,25)(H,27,28)/t17?,18?,19-/m0/s1. The topological polar surface area (TPSA) is 95.5 Å². The molecule has 3 atom stereocenters.